The molecule has 1 unspecified atom stereocenters. The van der Waals surface area contributed by atoms with E-state index in [1.807, 2.05) is 0 Å². The zero-order chi connectivity index (χ0) is 27.7. The average molecular weight is 527 g/mol. The van der Waals surface area contributed by atoms with Crippen LogP contribution in [0, 0.1) is 0 Å². The molecule has 0 bridgehead atoms. The van der Waals surface area contributed by atoms with Gasteiger partial charge in [0.2, 0.25) is 5.91 Å². The van der Waals surface area contributed by atoms with Crippen LogP contribution in [-0.4, -0.2) is 64.4 Å². The first-order valence-electron chi connectivity index (χ1n) is 14.7. The molecule has 0 aliphatic carbocycles. The zero-order valence-electron chi connectivity index (χ0n) is 23.6. The predicted octanol–water partition coefficient (Wildman–Crippen LogP) is 5.96. The molecular formula is C29H54N2O6. The second-order valence-corrected chi connectivity index (χ2v) is 10.4. The van der Waals surface area contributed by atoms with Gasteiger partial charge < -0.3 is 15.5 Å². The predicted molar refractivity (Wildman–Crippen MR) is 148 cm³/mol. The Kier molecular flexibility index (Phi) is 23.1. The molecule has 0 rings (SSSR count). The van der Waals surface area contributed by atoms with Crippen LogP contribution in [0.1, 0.15) is 136 Å². The van der Waals surface area contributed by atoms with Crippen molar-refractivity contribution in [1.29, 1.82) is 0 Å². The van der Waals surface area contributed by atoms with Crippen molar-refractivity contribution in [1.82, 2.24) is 10.2 Å². The molecule has 0 aliphatic rings. The molecule has 1 amide bonds. The number of carbonyl (C=O) groups is 4. The number of amides is 1. The van der Waals surface area contributed by atoms with Crippen LogP contribution in [0.5, 0.6) is 0 Å². The third-order valence-corrected chi connectivity index (χ3v) is 6.82. The van der Waals surface area contributed by atoms with Crippen molar-refractivity contribution in [2.75, 3.05) is 19.6 Å². The Morgan fingerprint density at radius 2 is 1.08 bits per heavy atom. The maximum Gasteiger partial charge on any atom is 0.317 e. The van der Waals surface area contributed by atoms with Crippen LogP contribution in [0.15, 0.2) is 0 Å². The number of ketones is 1. The molecule has 216 valence electrons. The highest BCUT2D eigenvalue weighted by Gasteiger charge is 2.26. The van der Waals surface area contributed by atoms with E-state index in [4.69, 9.17) is 10.2 Å². The summed E-state index contributed by atoms with van der Waals surface area (Å²) in [7, 11) is 0. The SMILES string of the molecule is CCCCCCCCCCCCCCCCCC(=O)NCCCCC(C(C)=O)N(CC(=O)O)CC(=O)O. The van der Waals surface area contributed by atoms with Gasteiger partial charge in [-0.25, -0.2) is 0 Å². The van der Waals surface area contributed by atoms with Gasteiger partial charge in [-0.3, -0.25) is 24.1 Å². The van der Waals surface area contributed by atoms with Gasteiger partial charge >= 0.3 is 11.9 Å². The van der Waals surface area contributed by atoms with Gasteiger partial charge in [-0.2, -0.15) is 0 Å². The van der Waals surface area contributed by atoms with Crippen molar-refractivity contribution in [3.63, 3.8) is 0 Å². The van der Waals surface area contributed by atoms with Gasteiger partial charge in [0.05, 0.1) is 19.1 Å². The van der Waals surface area contributed by atoms with Gasteiger partial charge in [0, 0.05) is 13.0 Å². The third kappa shape index (κ3) is 22.9. The Labute approximate surface area is 225 Å². The van der Waals surface area contributed by atoms with E-state index < -0.39 is 31.1 Å². The van der Waals surface area contributed by atoms with Crippen LogP contribution in [0.25, 0.3) is 0 Å². The van der Waals surface area contributed by atoms with Crippen molar-refractivity contribution < 1.29 is 29.4 Å². The van der Waals surface area contributed by atoms with Gasteiger partial charge in [-0.1, -0.05) is 96.8 Å². The lowest BCUT2D eigenvalue weighted by molar-refractivity contribution is -0.144. The number of hydrogen-bond acceptors (Lipinski definition) is 5. The van der Waals surface area contributed by atoms with Crippen molar-refractivity contribution in [3.8, 4) is 0 Å². The largest absolute Gasteiger partial charge is 0.480 e. The average Bonchev–Trinajstić information content (AvgIpc) is 2.82. The Bertz CT molecular complexity index is 610. The lowest BCUT2D eigenvalue weighted by Gasteiger charge is -2.27. The molecule has 0 fully saturated rings. The summed E-state index contributed by atoms with van der Waals surface area (Å²) in [6.07, 6.45) is 21.5. The minimum Gasteiger partial charge on any atom is -0.480 e. The van der Waals surface area contributed by atoms with Crippen LogP contribution in [0.3, 0.4) is 0 Å². The highest BCUT2D eigenvalue weighted by Crippen LogP contribution is 2.14. The Morgan fingerprint density at radius 3 is 1.49 bits per heavy atom. The monoisotopic (exact) mass is 526 g/mol. The molecule has 37 heavy (non-hydrogen) atoms. The van der Waals surface area contributed by atoms with E-state index >= 15 is 0 Å². The molecule has 0 spiro atoms. The maximum absolute atomic E-state index is 12.0. The Hall–Kier alpha value is -1.96. The number of Topliss-reactive ketones (excluding diaryl/α,β-unsaturated/α-hetero) is 1. The number of carbonyl (C=O) groups excluding carboxylic acids is 2. The van der Waals surface area contributed by atoms with E-state index in [1.54, 1.807) is 0 Å². The lowest BCUT2D eigenvalue weighted by atomic mass is 10.0. The highest BCUT2D eigenvalue weighted by molar-refractivity contribution is 5.83. The number of nitrogens with zero attached hydrogens (tertiary/aromatic N) is 1. The van der Waals surface area contributed by atoms with E-state index in [0.717, 1.165) is 12.8 Å². The van der Waals surface area contributed by atoms with Crippen LogP contribution < -0.4 is 5.32 Å². The molecule has 1 atom stereocenters. The first-order chi connectivity index (χ1) is 17.8. The Balaban J connectivity index is 3.71. The zero-order valence-corrected chi connectivity index (χ0v) is 23.6. The molecule has 0 aromatic rings. The maximum atomic E-state index is 12.0. The molecule has 0 saturated heterocycles. The number of nitrogens with one attached hydrogen (secondary N) is 1. The van der Waals surface area contributed by atoms with Crippen molar-refractivity contribution in [2.45, 2.75) is 142 Å². The Morgan fingerprint density at radius 1 is 0.649 bits per heavy atom. The second kappa shape index (κ2) is 24.4. The minimum absolute atomic E-state index is 0.0381. The molecule has 0 radical (unpaired) electrons. The standard InChI is InChI=1S/C29H54N2O6/c1-3-4-5-6-7-8-9-10-11-12-13-14-15-16-17-21-27(33)30-22-19-18-20-26(25(2)32)31(23-28(34)35)24-29(36)37/h26H,3-24H2,1-2H3,(H,30,33)(H,34,35)(H,36,37). The minimum atomic E-state index is -1.17. The first-order valence-corrected chi connectivity index (χ1v) is 14.7. The van der Waals surface area contributed by atoms with E-state index in [2.05, 4.69) is 12.2 Å². The summed E-state index contributed by atoms with van der Waals surface area (Å²) < 4.78 is 0. The molecule has 8 nitrogen and oxygen atoms in total. The molecule has 0 saturated carbocycles. The number of hydrogen-bond donors (Lipinski definition) is 3. The van der Waals surface area contributed by atoms with Gasteiger partial charge in [0.25, 0.3) is 0 Å². The fourth-order valence-electron chi connectivity index (χ4n) is 4.70. The molecular weight excluding hydrogens is 472 g/mol. The van der Waals surface area contributed by atoms with Crippen molar-refractivity contribution >= 4 is 23.6 Å². The lowest BCUT2D eigenvalue weighted by Crippen LogP contribution is -2.45. The summed E-state index contributed by atoms with van der Waals surface area (Å²) in [5.74, 6) is -2.55. The van der Waals surface area contributed by atoms with Gasteiger partial charge in [-0.05, 0) is 32.6 Å². The second-order valence-electron chi connectivity index (χ2n) is 10.4. The summed E-state index contributed by atoms with van der Waals surface area (Å²) in [6, 6.07) is -0.747. The van der Waals surface area contributed by atoms with E-state index in [-0.39, 0.29) is 11.7 Å². The summed E-state index contributed by atoms with van der Waals surface area (Å²) >= 11 is 0. The van der Waals surface area contributed by atoms with Gasteiger partial charge in [0.1, 0.15) is 5.78 Å². The summed E-state index contributed by atoms with van der Waals surface area (Å²) in [5.41, 5.74) is 0. The summed E-state index contributed by atoms with van der Waals surface area (Å²) in [5, 5.41) is 20.9. The molecule has 0 aromatic carbocycles. The smallest absolute Gasteiger partial charge is 0.317 e. The third-order valence-electron chi connectivity index (χ3n) is 6.82. The first kappa shape index (κ1) is 35.0. The number of unbranched alkanes of at least 4 members (excludes halogenated alkanes) is 15. The molecule has 0 heterocycles. The fraction of sp³-hybridized carbons (Fsp3) is 0.862. The van der Waals surface area contributed by atoms with Gasteiger partial charge in [0.15, 0.2) is 0 Å². The highest BCUT2D eigenvalue weighted by atomic mass is 16.4. The van der Waals surface area contributed by atoms with Gasteiger partial charge in [-0.15, -0.1) is 0 Å². The number of aliphatic carboxylic acids is 2. The van der Waals surface area contributed by atoms with E-state index in [1.165, 1.54) is 95.3 Å². The van der Waals surface area contributed by atoms with Crippen molar-refractivity contribution in [2.24, 2.45) is 0 Å². The van der Waals surface area contributed by atoms with E-state index in [0.29, 0.717) is 32.2 Å². The van der Waals surface area contributed by atoms with E-state index in [9.17, 15) is 19.2 Å². The van der Waals surface area contributed by atoms with Crippen LogP contribution in [0.4, 0.5) is 0 Å². The number of carboxylic acid groups (broad SMARTS) is 2. The molecule has 0 aliphatic heterocycles. The summed E-state index contributed by atoms with van der Waals surface area (Å²) in [4.78, 5) is 47.2. The normalized spacial score (nSPS) is 12.0. The van der Waals surface area contributed by atoms with Crippen molar-refractivity contribution in [3.05, 3.63) is 0 Å². The summed E-state index contributed by atoms with van der Waals surface area (Å²) in [6.45, 7) is 3.12. The molecule has 0 aromatic heterocycles. The number of rotatable bonds is 27. The van der Waals surface area contributed by atoms with Crippen LogP contribution >= 0.6 is 0 Å². The quantitative estimate of drug-likeness (QED) is 0.113. The number of carboxylic acids is 2. The van der Waals surface area contributed by atoms with Crippen LogP contribution in [0.2, 0.25) is 0 Å². The molecule has 3 N–H and O–H groups in total. The fourth-order valence-corrected chi connectivity index (χ4v) is 4.70. The molecule has 8 heteroatoms. The van der Waals surface area contributed by atoms with Crippen LogP contribution in [-0.2, 0) is 19.2 Å². The topological polar surface area (TPSA) is 124 Å².